The van der Waals surface area contributed by atoms with Crippen LogP contribution in [0.3, 0.4) is 0 Å². The Morgan fingerprint density at radius 3 is 2.96 bits per heavy atom. The van der Waals surface area contributed by atoms with Crippen molar-refractivity contribution in [3.63, 3.8) is 0 Å². The van der Waals surface area contributed by atoms with E-state index in [1.165, 1.54) is 0 Å². The number of benzene rings is 1. The number of amides is 1. The molecule has 24 heavy (non-hydrogen) atoms. The lowest BCUT2D eigenvalue weighted by Gasteiger charge is -2.31. The largest absolute Gasteiger partial charge is 0.378 e. The average molecular weight is 326 g/mol. The molecule has 0 unspecified atom stereocenters. The molecular weight excluding hydrogens is 304 g/mol. The van der Waals surface area contributed by atoms with Crippen LogP contribution in [0.25, 0.3) is 0 Å². The summed E-state index contributed by atoms with van der Waals surface area (Å²) in [6.07, 6.45) is 5.65. The zero-order valence-electron chi connectivity index (χ0n) is 13.6. The number of hydrogen-bond acceptors (Lipinski definition) is 4. The SMILES string of the molecule is O=C(N[C@H]1CCc2nccn2C1)c1ccccc1N1CCOCC1. The molecule has 1 atom stereocenters. The van der Waals surface area contributed by atoms with Crippen LogP contribution in [-0.4, -0.2) is 47.8 Å². The molecule has 6 heteroatoms. The third-order valence-corrected chi connectivity index (χ3v) is 4.77. The van der Waals surface area contributed by atoms with E-state index in [1.54, 1.807) is 0 Å². The van der Waals surface area contributed by atoms with Gasteiger partial charge >= 0.3 is 0 Å². The minimum atomic E-state index is 0.00524. The first-order chi connectivity index (χ1) is 11.8. The predicted octanol–water partition coefficient (Wildman–Crippen LogP) is 1.46. The Morgan fingerprint density at radius 1 is 1.25 bits per heavy atom. The number of fused-ring (bicyclic) bond motifs is 1. The Labute approximate surface area is 141 Å². The van der Waals surface area contributed by atoms with Crippen LogP contribution in [0.15, 0.2) is 36.7 Å². The molecule has 0 radical (unpaired) electrons. The van der Waals surface area contributed by atoms with Crippen LogP contribution in [0, 0.1) is 0 Å². The zero-order chi connectivity index (χ0) is 16.4. The van der Waals surface area contributed by atoms with Gasteiger partial charge in [0.1, 0.15) is 5.82 Å². The number of carbonyl (C=O) groups is 1. The van der Waals surface area contributed by atoms with Crippen LogP contribution in [0.5, 0.6) is 0 Å². The zero-order valence-corrected chi connectivity index (χ0v) is 13.6. The molecule has 1 saturated heterocycles. The van der Waals surface area contributed by atoms with Crippen LogP contribution in [0.4, 0.5) is 5.69 Å². The second-order valence-corrected chi connectivity index (χ2v) is 6.32. The number of carbonyl (C=O) groups excluding carboxylic acids is 1. The van der Waals surface area contributed by atoms with Gasteiger partial charge in [0, 0.05) is 50.2 Å². The van der Waals surface area contributed by atoms with Crippen molar-refractivity contribution in [1.82, 2.24) is 14.9 Å². The van der Waals surface area contributed by atoms with Gasteiger partial charge in [-0.05, 0) is 18.6 Å². The molecule has 1 aromatic heterocycles. The van der Waals surface area contributed by atoms with Crippen LogP contribution in [0.1, 0.15) is 22.6 Å². The predicted molar refractivity (Wildman–Crippen MR) is 91.3 cm³/mol. The fourth-order valence-electron chi connectivity index (χ4n) is 3.49. The van der Waals surface area contributed by atoms with Gasteiger partial charge in [0.15, 0.2) is 0 Å². The molecule has 4 rings (SSSR count). The number of aromatic nitrogens is 2. The molecule has 1 N–H and O–H groups in total. The fourth-order valence-corrected chi connectivity index (χ4v) is 3.49. The van der Waals surface area contributed by atoms with E-state index in [0.717, 1.165) is 49.6 Å². The number of anilines is 1. The second kappa shape index (κ2) is 6.65. The lowest BCUT2D eigenvalue weighted by atomic mass is 10.1. The molecule has 2 aliphatic rings. The Morgan fingerprint density at radius 2 is 2.08 bits per heavy atom. The maximum Gasteiger partial charge on any atom is 0.253 e. The molecule has 126 valence electrons. The second-order valence-electron chi connectivity index (χ2n) is 6.32. The van der Waals surface area contributed by atoms with Crippen molar-refractivity contribution in [3.8, 4) is 0 Å². The smallest absolute Gasteiger partial charge is 0.253 e. The molecule has 0 saturated carbocycles. The highest BCUT2D eigenvalue weighted by atomic mass is 16.5. The van der Waals surface area contributed by atoms with Gasteiger partial charge in [-0.2, -0.15) is 0 Å². The first kappa shape index (κ1) is 15.2. The molecule has 2 aliphatic heterocycles. The number of morpholine rings is 1. The highest BCUT2D eigenvalue weighted by Gasteiger charge is 2.23. The number of imidazole rings is 1. The highest BCUT2D eigenvalue weighted by Crippen LogP contribution is 2.22. The standard InChI is InChI=1S/C18H22N4O2/c23-18(20-14-5-6-17-19-7-8-22(17)13-14)15-3-1-2-4-16(15)21-9-11-24-12-10-21/h1-4,7-8,14H,5-6,9-13H2,(H,20,23)/t14-/m0/s1. The monoisotopic (exact) mass is 326 g/mol. The van der Waals surface area contributed by atoms with Crippen LogP contribution >= 0.6 is 0 Å². The topological polar surface area (TPSA) is 59.4 Å². The molecule has 0 spiro atoms. The van der Waals surface area contributed by atoms with E-state index in [4.69, 9.17) is 4.74 Å². The molecule has 1 amide bonds. The molecule has 1 fully saturated rings. The summed E-state index contributed by atoms with van der Waals surface area (Å²) in [6, 6.07) is 7.99. The minimum absolute atomic E-state index is 0.00524. The van der Waals surface area contributed by atoms with Gasteiger partial charge in [-0.25, -0.2) is 4.98 Å². The summed E-state index contributed by atoms with van der Waals surface area (Å²) < 4.78 is 7.55. The van der Waals surface area contributed by atoms with Crippen molar-refractivity contribution in [2.45, 2.75) is 25.4 Å². The number of aryl methyl sites for hydroxylation is 1. The van der Waals surface area contributed by atoms with Gasteiger partial charge in [0.25, 0.3) is 5.91 Å². The highest BCUT2D eigenvalue weighted by molar-refractivity contribution is 6.00. The maximum atomic E-state index is 12.8. The van der Waals surface area contributed by atoms with Gasteiger partial charge in [-0.15, -0.1) is 0 Å². The summed E-state index contributed by atoms with van der Waals surface area (Å²) in [5.74, 6) is 1.11. The van der Waals surface area contributed by atoms with Crippen molar-refractivity contribution >= 4 is 11.6 Å². The van der Waals surface area contributed by atoms with E-state index in [0.29, 0.717) is 13.2 Å². The van der Waals surface area contributed by atoms with Crippen LogP contribution in [0.2, 0.25) is 0 Å². The number of para-hydroxylation sites is 1. The molecular formula is C18H22N4O2. The Bertz CT molecular complexity index is 721. The normalized spacial score (nSPS) is 20.5. The summed E-state index contributed by atoms with van der Waals surface area (Å²) in [4.78, 5) is 19.4. The summed E-state index contributed by atoms with van der Waals surface area (Å²) in [5.41, 5.74) is 1.74. The van der Waals surface area contributed by atoms with E-state index in [2.05, 4.69) is 19.8 Å². The van der Waals surface area contributed by atoms with Crippen molar-refractivity contribution in [2.24, 2.45) is 0 Å². The molecule has 0 aliphatic carbocycles. The summed E-state index contributed by atoms with van der Waals surface area (Å²) in [7, 11) is 0. The fraction of sp³-hybridized carbons (Fsp3) is 0.444. The average Bonchev–Trinajstić information content (AvgIpc) is 3.10. The lowest BCUT2D eigenvalue weighted by molar-refractivity contribution is 0.0926. The van der Waals surface area contributed by atoms with E-state index in [9.17, 15) is 4.79 Å². The van der Waals surface area contributed by atoms with Gasteiger partial charge in [-0.1, -0.05) is 12.1 Å². The van der Waals surface area contributed by atoms with Crippen molar-refractivity contribution in [1.29, 1.82) is 0 Å². The van der Waals surface area contributed by atoms with E-state index >= 15 is 0 Å². The third-order valence-electron chi connectivity index (χ3n) is 4.77. The number of nitrogens with one attached hydrogen (secondary N) is 1. The maximum absolute atomic E-state index is 12.8. The summed E-state index contributed by atoms with van der Waals surface area (Å²) in [5, 5.41) is 3.20. The first-order valence-electron chi connectivity index (χ1n) is 8.54. The summed E-state index contributed by atoms with van der Waals surface area (Å²) in [6.45, 7) is 3.86. The quantitative estimate of drug-likeness (QED) is 0.928. The third kappa shape index (κ3) is 3.01. The van der Waals surface area contributed by atoms with Gasteiger partial charge < -0.3 is 19.5 Å². The van der Waals surface area contributed by atoms with Gasteiger partial charge in [-0.3, -0.25) is 4.79 Å². The molecule has 6 nitrogen and oxygen atoms in total. The Balaban J connectivity index is 1.49. The van der Waals surface area contributed by atoms with Crippen LogP contribution in [-0.2, 0) is 17.7 Å². The molecule has 1 aromatic carbocycles. The number of hydrogen-bond donors (Lipinski definition) is 1. The molecule has 3 heterocycles. The molecule has 0 bridgehead atoms. The van der Waals surface area contributed by atoms with Crippen molar-refractivity contribution in [2.75, 3.05) is 31.2 Å². The number of nitrogens with zero attached hydrogens (tertiary/aromatic N) is 3. The van der Waals surface area contributed by atoms with Crippen LogP contribution < -0.4 is 10.2 Å². The van der Waals surface area contributed by atoms with Gasteiger partial charge in [0.2, 0.25) is 0 Å². The first-order valence-corrected chi connectivity index (χ1v) is 8.54. The summed E-state index contributed by atoms with van der Waals surface area (Å²) >= 11 is 0. The number of rotatable bonds is 3. The van der Waals surface area contributed by atoms with E-state index < -0.39 is 0 Å². The van der Waals surface area contributed by atoms with Gasteiger partial charge in [0.05, 0.1) is 18.8 Å². The Kier molecular flexibility index (Phi) is 4.21. The number of ether oxygens (including phenoxy) is 1. The lowest BCUT2D eigenvalue weighted by Crippen LogP contribution is -2.42. The van der Waals surface area contributed by atoms with E-state index in [1.807, 2.05) is 36.7 Å². The van der Waals surface area contributed by atoms with Crippen molar-refractivity contribution < 1.29 is 9.53 Å². The molecule has 2 aromatic rings. The van der Waals surface area contributed by atoms with E-state index in [-0.39, 0.29) is 11.9 Å². The minimum Gasteiger partial charge on any atom is -0.378 e. The van der Waals surface area contributed by atoms with Crippen molar-refractivity contribution in [3.05, 3.63) is 48.0 Å². The Hall–Kier alpha value is -2.34.